The molecule has 0 spiro atoms. The van der Waals surface area contributed by atoms with Crippen LogP contribution < -0.4 is 0 Å². The van der Waals surface area contributed by atoms with Crippen molar-refractivity contribution >= 4 is 11.2 Å². The van der Waals surface area contributed by atoms with Crippen LogP contribution in [0.2, 0.25) is 0 Å². The van der Waals surface area contributed by atoms with Crippen LogP contribution in [0.15, 0.2) is 18.9 Å². The molecule has 1 N–H and O–H groups in total. The Balaban J connectivity index is 2.07. The molecule has 3 heterocycles. The van der Waals surface area contributed by atoms with Gasteiger partial charge in [-0.3, -0.25) is 4.68 Å². The summed E-state index contributed by atoms with van der Waals surface area (Å²) in [6.45, 7) is 13.7. The molecule has 0 fully saturated rings. The predicted molar refractivity (Wildman–Crippen MR) is 87.6 cm³/mol. The number of aryl methyl sites for hydroxylation is 1. The fraction of sp³-hybridized carbons (Fsp3) is 0.438. The smallest absolute Gasteiger partial charge is 0.177 e. The fourth-order valence-corrected chi connectivity index (χ4v) is 2.67. The molecule has 6 heteroatoms. The van der Waals surface area contributed by atoms with Gasteiger partial charge in [0.15, 0.2) is 5.65 Å². The van der Waals surface area contributed by atoms with Crippen molar-refractivity contribution in [3.8, 4) is 11.4 Å². The molecule has 6 nitrogen and oxygen atoms in total. The zero-order chi connectivity index (χ0) is 15.9. The number of aromatic amines is 1. The molecule has 116 valence electrons. The van der Waals surface area contributed by atoms with E-state index >= 15 is 0 Å². The van der Waals surface area contributed by atoms with Crippen molar-refractivity contribution in [2.75, 3.05) is 0 Å². The van der Waals surface area contributed by atoms with Crippen molar-refractivity contribution in [2.24, 2.45) is 5.92 Å². The predicted octanol–water partition coefficient (Wildman–Crippen LogP) is 3.08. The number of hydrogen-bond donors (Lipinski definition) is 1. The molecule has 0 bridgehead atoms. The SMILES string of the molecule is C=CCn1ncc(-c2nc3c([nH]2)c(C)nn3CC(C)C)c1C. The summed E-state index contributed by atoms with van der Waals surface area (Å²) in [5, 5.41) is 8.96. The van der Waals surface area contributed by atoms with Gasteiger partial charge in [-0.2, -0.15) is 10.2 Å². The maximum atomic E-state index is 4.76. The first-order valence-electron chi connectivity index (χ1n) is 7.58. The van der Waals surface area contributed by atoms with Crippen LogP contribution in [0, 0.1) is 19.8 Å². The van der Waals surface area contributed by atoms with Gasteiger partial charge in [0.05, 0.1) is 24.0 Å². The molecule has 0 aliphatic heterocycles. The van der Waals surface area contributed by atoms with Crippen LogP contribution in [0.5, 0.6) is 0 Å². The molecule has 0 saturated carbocycles. The van der Waals surface area contributed by atoms with Gasteiger partial charge in [0.2, 0.25) is 0 Å². The third kappa shape index (κ3) is 2.34. The van der Waals surface area contributed by atoms with E-state index in [0.29, 0.717) is 12.5 Å². The minimum Gasteiger partial charge on any atom is -0.335 e. The third-order valence-corrected chi connectivity index (χ3v) is 3.76. The first-order chi connectivity index (χ1) is 10.5. The Morgan fingerprint density at radius 2 is 2.09 bits per heavy atom. The van der Waals surface area contributed by atoms with Crippen LogP contribution in [-0.4, -0.2) is 29.5 Å². The van der Waals surface area contributed by atoms with E-state index in [4.69, 9.17) is 4.98 Å². The van der Waals surface area contributed by atoms with Crippen LogP contribution in [0.4, 0.5) is 0 Å². The van der Waals surface area contributed by atoms with Crippen LogP contribution in [0.25, 0.3) is 22.6 Å². The third-order valence-electron chi connectivity index (χ3n) is 3.76. The van der Waals surface area contributed by atoms with E-state index in [-0.39, 0.29) is 0 Å². The van der Waals surface area contributed by atoms with Gasteiger partial charge >= 0.3 is 0 Å². The lowest BCUT2D eigenvalue weighted by atomic mass is 10.2. The van der Waals surface area contributed by atoms with Gasteiger partial charge in [-0.1, -0.05) is 19.9 Å². The van der Waals surface area contributed by atoms with Crippen molar-refractivity contribution in [2.45, 2.75) is 40.8 Å². The molecule has 0 saturated heterocycles. The Morgan fingerprint density at radius 3 is 2.77 bits per heavy atom. The van der Waals surface area contributed by atoms with E-state index in [9.17, 15) is 0 Å². The second kappa shape index (κ2) is 5.44. The highest BCUT2D eigenvalue weighted by Crippen LogP contribution is 2.25. The zero-order valence-corrected chi connectivity index (χ0v) is 13.6. The molecule has 3 aromatic heterocycles. The van der Waals surface area contributed by atoms with Gasteiger partial charge in [-0.05, 0) is 19.8 Å². The molecular weight excluding hydrogens is 276 g/mol. The van der Waals surface area contributed by atoms with Crippen molar-refractivity contribution in [1.82, 2.24) is 29.5 Å². The Bertz CT molecular complexity index is 817. The number of imidazole rings is 1. The number of fused-ring (bicyclic) bond motifs is 1. The summed E-state index contributed by atoms with van der Waals surface area (Å²) in [5.74, 6) is 1.38. The van der Waals surface area contributed by atoms with Crippen LogP contribution >= 0.6 is 0 Å². The van der Waals surface area contributed by atoms with Crippen molar-refractivity contribution in [1.29, 1.82) is 0 Å². The Labute approximate surface area is 129 Å². The standard InChI is InChI=1S/C16H22N6/c1-6-7-21-12(5)13(8-17-21)15-18-14-11(4)20-22(9-10(2)3)16(14)19-15/h6,8,10H,1,7,9H2,2-5H3,(H,18,19). The summed E-state index contributed by atoms with van der Waals surface area (Å²) in [5.41, 5.74) is 5.00. The lowest BCUT2D eigenvalue weighted by molar-refractivity contribution is 0.490. The van der Waals surface area contributed by atoms with Crippen molar-refractivity contribution in [3.05, 3.63) is 30.2 Å². The Hall–Kier alpha value is -2.37. The summed E-state index contributed by atoms with van der Waals surface area (Å²) < 4.78 is 3.90. The molecule has 0 amide bonds. The second-order valence-corrected chi connectivity index (χ2v) is 6.06. The van der Waals surface area contributed by atoms with E-state index in [0.717, 1.165) is 40.5 Å². The van der Waals surface area contributed by atoms with Gasteiger partial charge in [-0.15, -0.1) is 6.58 Å². The molecule has 0 aliphatic rings. The lowest BCUT2D eigenvalue weighted by Crippen LogP contribution is -2.06. The van der Waals surface area contributed by atoms with Crippen molar-refractivity contribution < 1.29 is 0 Å². The van der Waals surface area contributed by atoms with Gasteiger partial charge in [0.25, 0.3) is 0 Å². The number of allylic oxidation sites excluding steroid dienone is 1. The summed E-state index contributed by atoms with van der Waals surface area (Å²) in [4.78, 5) is 8.15. The number of H-pyrrole nitrogens is 1. The second-order valence-electron chi connectivity index (χ2n) is 6.06. The minimum atomic E-state index is 0.528. The van der Waals surface area contributed by atoms with Crippen LogP contribution in [0.3, 0.4) is 0 Å². The molecular formula is C16H22N6. The van der Waals surface area contributed by atoms with E-state index < -0.39 is 0 Å². The average molecular weight is 298 g/mol. The maximum absolute atomic E-state index is 4.76. The topological polar surface area (TPSA) is 64.3 Å². The van der Waals surface area contributed by atoms with E-state index in [1.165, 1.54) is 0 Å². The molecule has 0 unspecified atom stereocenters. The molecule has 0 aromatic carbocycles. The highest BCUT2D eigenvalue weighted by molar-refractivity contribution is 5.79. The first-order valence-corrected chi connectivity index (χ1v) is 7.58. The number of aromatic nitrogens is 6. The summed E-state index contributed by atoms with van der Waals surface area (Å²) in [7, 11) is 0. The van der Waals surface area contributed by atoms with Crippen LogP contribution in [-0.2, 0) is 13.1 Å². The molecule has 3 rings (SSSR count). The quantitative estimate of drug-likeness (QED) is 0.736. The van der Waals surface area contributed by atoms with Gasteiger partial charge in [0.1, 0.15) is 11.3 Å². The average Bonchev–Trinajstić information content (AvgIpc) is 3.09. The van der Waals surface area contributed by atoms with Crippen molar-refractivity contribution in [3.63, 3.8) is 0 Å². The van der Waals surface area contributed by atoms with E-state index in [1.807, 2.05) is 35.5 Å². The summed E-state index contributed by atoms with van der Waals surface area (Å²) in [6, 6.07) is 0. The van der Waals surface area contributed by atoms with Crippen LogP contribution in [0.1, 0.15) is 25.2 Å². The molecule has 0 atom stereocenters. The molecule has 0 radical (unpaired) electrons. The number of hydrogen-bond acceptors (Lipinski definition) is 3. The largest absolute Gasteiger partial charge is 0.335 e. The Kier molecular flexibility index (Phi) is 3.60. The maximum Gasteiger partial charge on any atom is 0.177 e. The minimum absolute atomic E-state index is 0.528. The molecule has 0 aliphatic carbocycles. The normalized spacial score (nSPS) is 11.7. The van der Waals surface area contributed by atoms with E-state index in [2.05, 4.69) is 35.6 Å². The highest BCUT2D eigenvalue weighted by Gasteiger charge is 2.17. The summed E-state index contributed by atoms with van der Waals surface area (Å²) >= 11 is 0. The monoisotopic (exact) mass is 298 g/mol. The van der Waals surface area contributed by atoms with E-state index in [1.54, 1.807) is 0 Å². The number of nitrogens with zero attached hydrogens (tertiary/aromatic N) is 5. The molecule has 3 aromatic rings. The number of rotatable bonds is 5. The van der Waals surface area contributed by atoms with Gasteiger partial charge < -0.3 is 4.98 Å². The fourth-order valence-electron chi connectivity index (χ4n) is 2.67. The first kappa shape index (κ1) is 14.6. The molecule has 22 heavy (non-hydrogen) atoms. The number of nitrogens with one attached hydrogen (secondary N) is 1. The Morgan fingerprint density at radius 1 is 1.32 bits per heavy atom. The lowest BCUT2D eigenvalue weighted by Gasteiger charge is -2.04. The zero-order valence-electron chi connectivity index (χ0n) is 13.6. The van der Waals surface area contributed by atoms with Gasteiger partial charge in [-0.25, -0.2) is 9.67 Å². The van der Waals surface area contributed by atoms with Gasteiger partial charge in [0, 0.05) is 12.2 Å². The summed E-state index contributed by atoms with van der Waals surface area (Å²) in [6.07, 6.45) is 3.69. The highest BCUT2D eigenvalue weighted by atomic mass is 15.3.